The Bertz CT molecular complexity index is 139. The normalized spacial score (nSPS) is 13.3. The van der Waals surface area contributed by atoms with E-state index < -0.39 is 6.29 Å². The van der Waals surface area contributed by atoms with Gasteiger partial charge in [-0.05, 0) is 38.0 Å². The molecular weight excluding hydrogens is 208 g/mol. The van der Waals surface area contributed by atoms with Gasteiger partial charge >= 0.3 is 0 Å². The van der Waals surface area contributed by atoms with E-state index in [1.165, 1.54) is 0 Å². The average molecular weight is 234 g/mol. The lowest BCUT2D eigenvalue weighted by Gasteiger charge is -2.13. The Morgan fingerprint density at radius 3 is 1.75 bits per heavy atom. The van der Waals surface area contributed by atoms with E-state index in [-0.39, 0.29) is 13.2 Å². The highest BCUT2D eigenvalue weighted by molar-refractivity contribution is 4.59. The van der Waals surface area contributed by atoms with Crippen molar-refractivity contribution in [3.8, 4) is 0 Å². The third-order valence-electron chi connectivity index (χ3n) is 2.85. The summed E-state index contributed by atoms with van der Waals surface area (Å²) in [5.41, 5.74) is 0. The molecule has 0 saturated carbocycles. The van der Waals surface area contributed by atoms with Gasteiger partial charge in [-0.15, -0.1) is 0 Å². The maximum absolute atomic E-state index is 9.13. The lowest BCUT2D eigenvalue weighted by atomic mass is 9.96. The van der Waals surface area contributed by atoms with Crippen LogP contribution in [0.4, 0.5) is 0 Å². The molecule has 16 heavy (non-hydrogen) atoms. The van der Waals surface area contributed by atoms with Gasteiger partial charge in [-0.2, -0.15) is 0 Å². The monoisotopic (exact) mass is 234 g/mol. The summed E-state index contributed by atoms with van der Waals surface area (Å²) in [7, 11) is 0. The fraction of sp³-hybridized carbons (Fsp3) is 1.00. The molecule has 0 aromatic heterocycles. The van der Waals surface area contributed by atoms with Crippen molar-refractivity contribution in [1.29, 1.82) is 0 Å². The fourth-order valence-corrected chi connectivity index (χ4v) is 1.81. The van der Waals surface area contributed by atoms with Gasteiger partial charge in [-0.1, -0.05) is 19.3 Å². The molecule has 4 heteroatoms. The summed E-state index contributed by atoms with van der Waals surface area (Å²) in [5, 5.41) is 35.1. The van der Waals surface area contributed by atoms with Gasteiger partial charge in [-0.25, -0.2) is 0 Å². The van der Waals surface area contributed by atoms with Crippen LogP contribution in [0.5, 0.6) is 0 Å². The van der Waals surface area contributed by atoms with Gasteiger partial charge in [0.15, 0.2) is 6.29 Å². The maximum Gasteiger partial charge on any atom is 0.151 e. The Morgan fingerprint density at radius 1 is 0.688 bits per heavy atom. The van der Waals surface area contributed by atoms with Gasteiger partial charge in [0.1, 0.15) is 0 Å². The second kappa shape index (κ2) is 11.3. The number of rotatable bonds is 11. The van der Waals surface area contributed by atoms with Gasteiger partial charge < -0.3 is 20.4 Å². The van der Waals surface area contributed by atoms with Crippen molar-refractivity contribution in [3.05, 3.63) is 0 Å². The Kier molecular flexibility index (Phi) is 11.2. The fourth-order valence-electron chi connectivity index (χ4n) is 1.81. The van der Waals surface area contributed by atoms with Crippen LogP contribution in [0.1, 0.15) is 51.4 Å². The molecule has 0 aromatic carbocycles. The topological polar surface area (TPSA) is 80.9 Å². The van der Waals surface area contributed by atoms with Gasteiger partial charge in [0.25, 0.3) is 0 Å². The van der Waals surface area contributed by atoms with Gasteiger partial charge in [0.05, 0.1) is 0 Å². The Morgan fingerprint density at radius 2 is 1.25 bits per heavy atom. The van der Waals surface area contributed by atoms with Crippen molar-refractivity contribution in [1.82, 2.24) is 0 Å². The van der Waals surface area contributed by atoms with Crippen LogP contribution in [0.3, 0.4) is 0 Å². The molecule has 4 nitrogen and oxygen atoms in total. The van der Waals surface area contributed by atoms with Crippen molar-refractivity contribution < 1.29 is 20.4 Å². The largest absolute Gasteiger partial charge is 0.396 e. The maximum atomic E-state index is 9.13. The zero-order valence-electron chi connectivity index (χ0n) is 10.0. The lowest BCUT2D eigenvalue weighted by molar-refractivity contribution is -0.0466. The summed E-state index contributed by atoms with van der Waals surface area (Å²) in [4.78, 5) is 0. The first-order valence-corrected chi connectivity index (χ1v) is 6.28. The van der Waals surface area contributed by atoms with E-state index in [0.717, 1.165) is 44.9 Å². The smallest absolute Gasteiger partial charge is 0.151 e. The minimum absolute atomic E-state index is 0.216. The molecule has 0 rings (SSSR count). The SMILES string of the molecule is OCCCCC(CO)CCCCCC(O)O. The van der Waals surface area contributed by atoms with Crippen LogP contribution < -0.4 is 0 Å². The zero-order valence-corrected chi connectivity index (χ0v) is 10.0. The van der Waals surface area contributed by atoms with E-state index in [0.29, 0.717) is 12.3 Å². The molecule has 4 N–H and O–H groups in total. The number of aliphatic hydroxyl groups is 4. The number of unbranched alkanes of at least 4 members (excludes halogenated alkanes) is 3. The molecular formula is C12H26O4. The van der Waals surface area contributed by atoms with Crippen LogP contribution in [0.2, 0.25) is 0 Å². The van der Waals surface area contributed by atoms with Crippen LogP contribution in [0.15, 0.2) is 0 Å². The van der Waals surface area contributed by atoms with E-state index in [4.69, 9.17) is 20.4 Å². The van der Waals surface area contributed by atoms with E-state index >= 15 is 0 Å². The molecule has 0 saturated heterocycles. The highest BCUT2D eigenvalue weighted by atomic mass is 16.5. The van der Waals surface area contributed by atoms with Crippen LogP contribution in [-0.4, -0.2) is 39.9 Å². The molecule has 0 aliphatic heterocycles. The van der Waals surface area contributed by atoms with Gasteiger partial charge in [-0.3, -0.25) is 0 Å². The number of hydrogen-bond donors (Lipinski definition) is 4. The van der Waals surface area contributed by atoms with E-state index in [2.05, 4.69) is 0 Å². The molecule has 0 bridgehead atoms. The molecule has 0 heterocycles. The molecule has 0 spiro atoms. The van der Waals surface area contributed by atoms with Gasteiger partial charge in [0.2, 0.25) is 0 Å². The molecule has 0 radical (unpaired) electrons. The highest BCUT2D eigenvalue weighted by Gasteiger charge is 2.07. The van der Waals surface area contributed by atoms with E-state index in [9.17, 15) is 0 Å². The minimum Gasteiger partial charge on any atom is -0.396 e. The summed E-state index contributed by atoms with van der Waals surface area (Å²) in [6, 6.07) is 0. The van der Waals surface area contributed by atoms with Crippen molar-refractivity contribution >= 4 is 0 Å². The summed E-state index contributed by atoms with van der Waals surface area (Å²) < 4.78 is 0. The Hall–Kier alpha value is -0.160. The number of hydrogen-bond acceptors (Lipinski definition) is 4. The van der Waals surface area contributed by atoms with Crippen molar-refractivity contribution in [3.63, 3.8) is 0 Å². The first-order chi connectivity index (χ1) is 7.70. The Balaban J connectivity index is 3.33. The van der Waals surface area contributed by atoms with E-state index in [1.807, 2.05) is 0 Å². The van der Waals surface area contributed by atoms with Crippen LogP contribution in [0.25, 0.3) is 0 Å². The first kappa shape index (κ1) is 15.8. The van der Waals surface area contributed by atoms with Crippen LogP contribution in [-0.2, 0) is 0 Å². The molecule has 0 amide bonds. The second-order valence-electron chi connectivity index (χ2n) is 4.39. The van der Waals surface area contributed by atoms with Crippen molar-refractivity contribution in [2.24, 2.45) is 5.92 Å². The zero-order chi connectivity index (χ0) is 12.2. The molecule has 0 aliphatic rings. The summed E-state index contributed by atoms with van der Waals surface area (Å²) in [6.45, 7) is 0.445. The third-order valence-corrected chi connectivity index (χ3v) is 2.85. The average Bonchev–Trinajstić information content (AvgIpc) is 2.26. The standard InChI is InChI=1S/C12H26O4/c13-9-5-4-7-11(10-14)6-2-1-3-8-12(15)16/h11-16H,1-10H2. The van der Waals surface area contributed by atoms with Gasteiger partial charge in [0, 0.05) is 13.2 Å². The lowest BCUT2D eigenvalue weighted by Crippen LogP contribution is -2.07. The van der Waals surface area contributed by atoms with Crippen LogP contribution >= 0.6 is 0 Å². The molecule has 1 atom stereocenters. The van der Waals surface area contributed by atoms with E-state index in [1.54, 1.807) is 0 Å². The summed E-state index contributed by atoms with van der Waals surface area (Å²) >= 11 is 0. The molecule has 0 fully saturated rings. The molecule has 98 valence electrons. The third kappa shape index (κ3) is 10.4. The summed E-state index contributed by atoms with van der Waals surface area (Å²) in [6.07, 6.45) is 5.83. The molecule has 0 aromatic rings. The van der Waals surface area contributed by atoms with Crippen molar-refractivity contribution in [2.75, 3.05) is 13.2 Å². The molecule has 1 unspecified atom stereocenters. The second-order valence-corrected chi connectivity index (χ2v) is 4.39. The predicted octanol–water partition coefficient (Wildman–Crippen LogP) is 1.02. The predicted molar refractivity (Wildman–Crippen MR) is 62.8 cm³/mol. The quantitative estimate of drug-likeness (QED) is 0.318. The van der Waals surface area contributed by atoms with Crippen molar-refractivity contribution in [2.45, 2.75) is 57.7 Å². The Labute approximate surface area is 97.9 Å². The first-order valence-electron chi connectivity index (χ1n) is 6.28. The minimum atomic E-state index is -1.18. The highest BCUT2D eigenvalue weighted by Crippen LogP contribution is 2.16. The number of aliphatic hydroxyl groups excluding tert-OH is 3. The summed E-state index contributed by atoms with van der Waals surface area (Å²) in [5.74, 6) is 0.339. The molecule has 0 aliphatic carbocycles. The van der Waals surface area contributed by atoms with Crippen LogP contribution in [0, 0.1) is 5.92 Å².